The van der Waals surface area contributed by atoms with Crippen molar-refractivity contribution in [2.24, 2.45) is 5.73 Å². The summed E-state index contributed by atoms with van der Waals surface area (Å²) in [6.45, 7) is 2.34. The molecule has 0 aliphatic rings. The molecule has 2 aromatic carbocycles. The smallest absolute Gasteiger partial charge is 0.255 e. The lowest BCUT2D eigenvalue weighted by molar-refractivity contribution is 0.102. The van der Waals surface area contributed by atoms with Crippen LogP contribution in [0.2, 0.25) is 0 Å². The molecule has 0 unspecified atom stereocenters. The summed E-state index contributed by atoms with van der Waals surface area (Å²) in [7, 11) is 0. The van der Waals surface area contributed by atoms with Gasteiger partial charge in [0.1, 0.15) is 11.5 Å². The molecule has 1 amide bonds. The second-order valence-corrected chi connectivity index (χ2v) is 5.63. The predicted molar refractivity (Wildman–Crippen MR) is 97.8 cm³/mol. The lowest BCUT2D eigenvalue weighted by Crippen LogP contribution is -2.12. The number of rotatable bonds is 5. The zero-order valence-corrected chi connectivity index (χ0v) is 13.9. The van der Waals surface area contributed by atoms with Crippen molar-refractivity contribution in [2.45, 2.75) is 13.5 Å². The van der Waals surface area contributed by atoms with E-state index in [2.05, 4.69) is 10.3 Å². The third-order valence-corrected chi connectivity index (χ3v) is 3.73. The summed E-state index contributed by atoms with van der Waals surface area (Å²) < 4.78 is 5.84. The van der Waals surface area contributed by atoms with Crippen molar-refractivity contribution in [3.05, 3.63) is 83.7 Å². The number of pyridine rings is 1. The Morgan fingerprint density at radius 3 is 2.80 bits per heavy atom. The Kier molecular flexibility index (Phi) is 5.06. The van der Waals surface area contributed by atoms with Gasteiger partial charge in [0.05, 0.1) is 6.20 Å². The summed E-state index contributed by atoms with van der Waals surface area (Å²) in [4.78, 5) is 16.5. The van der Waals surface area contributed by atoms with Gasteiger partial charge in [0.25, 0.3) is 5.91 Å². The maximum atomic E-state index is 12.4. The van der Waals surface area contributed by atoms with Crippen LogP contribution in [0.1, 0.15) is 21.5 Å². The van der Waals surface area contributed by atoms with E-state index in [1.807, 2.05) is 37.3 Å². The van der Waals surface area contributed by atoms with Crippen LogP contribution >= 0.6 is 0 Å². The molecule has 25 heavy (non-hydrogen) atoms. The van der Waals surface area contributed by atoms with Crippen LogP contribution in [0.4, 0.5) is 5.69 Å². The van der Waals surface area contributed by atoms with Crippen LogP contribution < -0.4 is 15.8 Å². The molecule has 0 saturated heterocycles. The van der Waals surface area contributed by atoms with Crippen molar-refractivity contribution < 1.29 is 9.53 Å². The highest BCUT2D eigenvalue weighted by Gasteiger charge is 2.09. The van der Waals surface area contributed by atoms with Gasteiger partial charge in [-0.2, -0.15) is 0 Å². The van der Waals surface area contributed by atoms with Crippen molar-refractivity contribution in [1.82, 2.24) is 4.98 Å². The van der Waals surface area contributed by atoms with E-state index in [-0.39, 0.29) is 5.91 Å². The second kappa shape index (κ2) is 7.59. The van der Waals surface area contributed by atoms with Gasteiger partial charge in [-0.25, -0.2) is 0 Å². The van der Waals surface area contributed by atoms with E-state index in [4.69, 9.17) is 10.5 Å². The zero-order chi connectivity index (χ0) is 17.6. The number of anilines is 1. The Bertz CT molecular complexity index is 879. The number of aryl methyl sites for hydroxylation is 1. The number of ether oxygens (including phenoxy) is 1. The number of amides is 1. The van der Waals surface area contributed by atoms with E-state index < -0.39 is 0 Å². The summed E-state index contributed by atoms with van der Waals surface area (Å²) in [6, 6.07) is 16.4. The Morgan fingerprint density at radius 2 is 2.04 bits per heavy atom. The summed E-state index contributed by atoms with van der Waals surface area (Å²) in [5.74, 6) is 1.12. The van der Waals surface area contributed by atoms with Gasteiger partial charge in [0, 0.05) is 30.1 Å². The number of carbonyl (C=O) groups excluding carboxylic acids is 1. The minimum atomic E-state index is -0.188. The third kappa shape index (κ3) is 4.22. The van der Waals surface area contributed by atoms with Crippen LogP contribution in [0, 0.1) is 6.92 Å². The number of nitrogens with one attached hydrogen (secondary N) is 1. The molecule has 1 heterocycles. The number of nitrogens with two attached hydrogens (primary N) is 1. The average Bonchev–Trinajstić information content (AvgIpc) is 2.65. The highest BCUT2D eigenvalue weighted by Crippen LogP contribution is 2.27. The molecule has 0 saturated carbocycles. The highest BCUT2D eigenvalue weighted by atomic mass is 16.5. The quantitative estimate of drug-likeness (QED) is 0.742. The van der Waals surface area contributed by atoms with E-state index in [1.165, 1.54) is 0 Å². The van der Waals surface area contributed by atoms with Crippen LogP contribution in [-0.2, 0) is 6.54 Å². The van der Waals surface area contributed by atoms with E-state index in [9.17, 15) is 4.79 Å². The maximum Gasteiger partial charge on any atom is 0.255 e. The lowest BCUT2D eigenvalue weighted by Gasteiger charge is -2.11. The number of nitrogens with zero attached hydrogens (tertiary/aromatic N) is 1. The predicted octanol–water partition coefficient (Wildman–Crippen LogP) is 3.89. The van der Waals surface area contributed by atoms with E-state index >= 15 is 0 Å². The Hall–Kier alpha value is -3.18. The van der Waals surface area contributed by atoms with Gasteiger partial charge in [0.15, 0.2) is 0 Å². The number of hydrogen-bond donors (Lipinski definition) is 2. The van der Waals surface area contributed by atoms with Gasteiger partial charge in [-0.1, -0.05) is 18.2 Å². The molecule has 0 aliphatic heterocycles. The first-order valence-electron chi connectivity index (χ1n) is 7.94. The van der Waals surface area contributed by atoms with Gasteiger partial charge < -0.3 is 15.8 Å². The standard InChI is InChI=1S/C20H19N3O2/c1-14-7-8-17(11-19(14)25-18-6-3-9-22-13-18)23-20(24)16-5-2-4-15(10-16)12-21/h2-11,13H,12,21H2,1H3,(H,23,24). The Labute approximate surface area is 146 Å². The monoisotopic (exact) mass is 333 g/mol. The Morgan fingerprint density at radius 1 is 1.16 bits per heavy atom. The minimum Gasteiger partial charge on any atom is -0.455 e. The first-order chi connectivity index (χ1) is 12.2. The zero-order valence-electron chi connectivity index (χ0n) is 13.9. The molecule has 126 valence electrons. The first-order valence-corrected chi connectivity index (χ1v) is 7.94. The molecule has 0 atom stereocenters. The lowest BCUT2D eigenvalue weighted by atomic mass is 10.1. The van der Waals surface area contributed by atoms with Crippen LogP contribution in [0.15, 0.2) is 67.0 Å². The summed E-state index contributed by atoms with van der Waals surface area (Å²) in [5.41, 5.74) is 8.73. The SMILES string of the molecule is Cc1ccc(NC(=O)c2cccc(CN)c2)cc1Oc1cccnc1. The number of carbonyl (C=O) groups is 1. The first kappa shape index (κ1) is 16.7. The summed E-state index contributed by atoms with van der Waals surface area (Å²) in [6.07, 6.45) is 3.33. The fraction of sp³-hybridized carbons (Fsp3) is 0.100. The van der Waals surface area contributed by atoms with Gasteiger partial charge in [-0.3, -0.25) is 9.78 Å². The molecular formula is C20H19N3O2. The molecule has 5 nitrogen and oxygen atoms in total. The molecule has 3 aromatic rings. The van der Waals surface area contributed by atoms with Crippen LogP contribution in [0.5, 0.6) is 11.5 Å². The van der Waals surface area contributed by atoms with Gasteiger partial charge >= 0.3 is 0 Å². The van der Waals surface area contributed by atoms with Crippen molar-refractivity contribution in [1.29, 1.82) is 0 Å². The number of benzene rings is 2. The fourth-order valence-electron chi connectivity index (χ4n) is 2.37. The van der Waals surface area contributed by atoms with Crippen LogP contribution in [-0.4, -0.2) is 10.9 Å². The van der Waals surface area contributed by atoms with Gasteiger partial charge in [0.2, 0.25) is 0 Å². The van der Waals surface area contributed by atoms with E-state index in [1.54, 1.807) is 36.7 Å². The molecule has 1 aromatic heterocycles. The maximum absolute atomic E-state index is 12.4. The fourth-order valence-corrected chi connectivity index (χ4v) is 2.37. The summed E-state index contributed by atoms with van der Waals surface area (Å²) >= 11 is 0. The normalized spacial score (nSPS) is 10.3. The largest absolute Gasteiger partial charge is 0.455 e. The summed E-state index contributed by atoms with van der Waals surface area (Å²) in [5, 5.41) is 2.89. The Balaban J connectivity index is 1.78. The molecule has 3 N–H and O–H groups in total. The highest BCUT2D eigenvalue weighted by molar-refractivity contribution is 6.04. The van der Waals surface area contributed by atoms with Crippen LogP contribution in [0.25, 0.3) is 0 Å². The van der Waals surface area contributed by atoms with E-state index in [0.29, 0.717) is 29.3 Å². The number of hydrogen-bond acceptors (Lipinski definition) is 4. The molecule has 0 aliphatic carbocycles. The molecule has 0 radical (unpaired) electrons. The van der Waals surface area contributed by atoms with Gasteiger partial charge in [-0.05, 0) is 48.4 Å². The van der Waals surface area contributed by atoms with E-state index in [0.717, 1.165) is 11.1 Å². The van der Waals surface area contributed by atoms with Crippen molar-refractivity contribution in [3.8, 4) is 11.5 Å². The third-order valence-electron chi connectivity index (χ3n) is 3.73. The average molecular weight is 333 g/mol. The number of aromatic nitrogens is 1. The topological polar surface area (TPSA) is 77.2 Å². The molecule has 5 heteroatoms. The molecule has 0 spiro atoms. The van der Waals surface area contributed by atoms with Gasteiger partial charge in [-0.15, -0.1) is 0 Å². The minimum absolute atomic E-state index is 0.188. The van der Waals surface area contributed by atoms with Crippen molar-refractivity contribution in [2.75, 3.05) is 5.32 Å². The molecular weight excluding hydrogens is 314 g/mol. The van der Waals surface area contributed by atoms with Crippen molar-refractivity contribution >= 4 is 11.6 Å². The molecule has 0 fully saturated rings. The van der Waals surface area contributed by atoms with Crippen molar-refractivity contribution in [3.63, 3.8) is 0 Å². The molecule has 3 rings (SSSR count). The van der Waals surface area contributed by atoms with Crippen LogP contribution in [0.3, 0.4) is 0 Å². The molecule has 0 bridgehead atoms. The second-order valence-electron chi connectivity index (χ2n) is 5.63.